The molecule has 1 N–H and O–H groups in total. The van der Waals surface area contributed by atoms with E-state index >= 15 is 0 Å². The molecular formula is C28H20ClF3N4O3S. The molecule has 1 aliphatic heterocycles. The van der Waals surface area contributed by atoms with E-state index in [0.717, 1.165) is 12.1 Å². The standard InChI is InChI=1S/C28H20ClF3N4O3S/c29-21-11-16(4-6-20(21)26(38)35-24-7-5-18(14-34-24)28(30,31)32)15-36-22(13-19-3-1-2-9-33-19)23(37)12-17-8-10-40-25(17)27(36)39/h1-11,14,22H,12-13,15H2,(H,34,35,38). The minimum Gasteiger partial charge on any atom is -0.323 e. The van der Waals surface area contributed by atoms with Crippen LogP contribution in [0.1, 0.15) is 42.4 Å². The molecule has 0 radical (unpaired) electrons. The summed E-state index contributed by atoms with van der Waals surface area (Å²) >= 11 is 7.69. The number of halogens is 4. The summed E-state index contributed by atoms with van der Waals surface area (Å²) in [5, 5.41) is 4.27. The van der Waals surface area contributed by atoms with Crippen molar-refractivity contribution in [1.82, 2.24) is 14.9 Å². The van der Waals surface area contributed by atoms with Gasteiger partial charge in [-0.2, -0.15) is 13.2 Å². The molecule has 7 nitrogen and oxygen atoms in total. The van der Waals surface area contributed by atoms with Crippen molar-refractivity contribution in [3.05, 3.63) is 110 Å². The van der Waals surface area contributed by atoms with E-state index < -0.39 is 23.7 Å². The first-order chi connectivity index (χ1) is 19.1. The highest BCUT2D eigenvalue weighted by molar-refractivity contribution is 7.12. The number of anilines is 1. The van der Waals surface area contributed by atoms with Crippen molar-refractivity contribution in [3.63, 3.8) is 0 Å². The third-order valence-electron chi connectivity index (χ3n) is 6.41. The lowest BCUT2D eigenvalue weighted by Crippen LogP contribution is -2.44. The maximum atomic E-state index is 13.6. The van der Waals surface area contributed by atoms with Gasteiger partial charge in [0.15, 0.2) is 5.78 Å². The Hall–Kier alpha value is -4.09. The molecule has 204 valence electrons. The molecule has 0 spiro atoms. The Morgan fingerprint density at radius 2 is 1.93 bits per heavy atom. The third kappa shape index (κ3) is 5.90. The van der Waals surface area contributed by atoms with Gasteiger partial charge in [-0.3, -0.25) is 19.4 Å². The van der Waals surface area contributed by atoms with Crippen LogP contribution in [0.25, 0.3) is 0 Å². The lowest BCUT2D eigenvalue weighted by molar-refractivity contribution is -0.137. The van der Waals surface area contributed by atoms with E-state index in [4.69, 9.17) is 11.6 Å². The van der Waals surface area contributed by atoms with Gasteiger partial charge in [0.2, 0.25) is 0 Å². The van der Waals surface area contributed by atoms with Crippen LogP contribution < -0.4 is 5.32 Å². The Balaban J connectivity index is 1.37. The summed E-state index contributed by atoms with van der Waals surface area (Å²) in [5.74, 6) is -1.12. The monoisotopic (exact) mass is 584 g/mol. The largest absolute Gasteiger partial charge is 0.417 e. The number of thiophene rings is 1. The normalized spacial score (nSPS) is 15.5. The predicted octanol–water partition coefficient (Wildman–Crippen LogP) is 5.84. The van der Waals surface area contributed by atoms with E-state index in [1.807, 2.05) is 6.07 Å². The van der Waals surface area contributed by atoms with Crippen molar-refractivity contribution >= 4 is 46.4 Å². The molecule has 0 saturated heterocycles. The van der Waals surface area contributed by atoms with Gasteiger partial charge in [0.25, 0.3) is 11.8 Å². The molecule has 0 aliphatic carbocycles. The van der Waals surface area contributed by atoms with Gasteiger partial charge in [-0.1, -0.05) is 23.7 Å². The fourth-order valence-corrected chi connectivity index (χ4v) is 5.56. The fourth-order valence-electron chi connectivity index (χ4n) is 4.39. The van der Waals surface area contributed by atoms with Crippen molar-refractivity contribution in [2.45, 2.75) is 31.6 Å². The Bertz CT molecular complexity index is 1580. The van der Waals surface area contributed by atoms with Crippen LogP contribution in [-0.2, 0) is 30.4 Å². The van der Waals surface area contributed by atoms with Gasteiger partial charge in [0.1, 0.15) is 5.82 Å². The van der Waals surface area contributed by atoms with Gasteiger partial charge >= 0.3 is 6.18 Å². The first-order valence-electron chi connectivity index (χ1n) is 12.0. The zero-order valence-electron chi connectivity index (χ0n) is 20.6. The van der Waals surface area contributed by atoms with Crippen LogP contribution in [-0.4, -0.2) is 38.5 Å². The highest BCUT2D eigenvalue weighted by Gasteiger charge is 2.36. The Kier molecular flexibility index (Phi) is 7.68. The zero-order valence-corrected chi connectivity index (χ0v) is 22.2. The summed E-state index contributed by atoms with van der Waals surface area (Å²) in [5.41, 5.74) is 1.07. The second kappa shape index (κ2) is 11.2. The van der Waals surface area contributed by atoms with Gasteiger partial charge in [-0.05, 0) is 59.0 Å². The van der Waals surface area contributed by atoms with Crippen LogP contribution in [0.3, 0.4) is 0 Å². The van der Waals surface area contributed by atoms with Crippen LogP contribution in [0.4, 0.5) is 19.0 Å². The van der Waals surface area contributed by atoms with E-state index in [1.54, 1.807) is 35.8 Å². The van der Waals surface area contributed by atoms with Gasteiger partial charge in [0, 0.05) is 37.5 Å². The van der Waals surface area contributed by atoms with Crippen LogP contribution in [0.5, 0.6) is 0 Å². The van der Waals surface area contributed by atoms with Crippen molar-refractivity contribution in [1.29, 1.82) is 0 Å². The molecule has 2 amide bonds. The molecule has 4 aromatic rings. The fraction of sp³-hybridized carbons (Fsp3) is 0.179. The highest BCUT2D eigenvalue weighted by Crippen LogP contribution is 2.30. The third-order valence-corrected chi connectivity index (χ3v) is 7.66. The van der Waals surface area contributed by atoms with Gasteiger partial charge in [-0.25, -0.2) is 4.98 Å². The predicted molar refractivity (Wildman–Crippen MR) is 143 cm³/mol. The molecule has 0 fully saturated rings. The second-order valence-electron chi connectivity index (χ2n) is 9.09. The second-order valence-corrected chi connectivity index (χ2v) is 10.4. The van der Waals surface area contributed by atoms with E-state index in [1.165, 1.54) is 28.4 Å². The molecule has 12 heteroatoms. The van der Waals surface area contributed by atoms with Crippen LogP contribution in [0, 0.1) is 0 Å². The van der Waals surface area contributed by atoms with E-state index in [9.17, 15) is 27.6 Å². The Labute approximate surface area is 235 Å². The number of Topliss-reactive ketones (excluding diaryl/α,β-unsaturated/α-hetero) is 1. The summed E-state index contributed by atoms with van der Waals surface area (Å²) in [6.45, 7) is 0.0570. The maximum absolute atomic E-state index is 13.6. The first kappa shape index (κ1) is 27.5. The molecule has 5 rings (SSSR count). The summed E-state index contributed by atoms with van der Waals surface area (Å²) in [7, 11) is 0. The van der Waals surface area contributed by atoms with Crippen LogP contribution in [0.2, 0.25) is 5.02 Å². The molecule has 40 heavy (non-hydrogen) atoms. The van der Waals surface area contributed by atoms with Gasteiger partial charge in [-0.15, -0.1) is 11.3 Å². The van der Waals surface area contributed by atoms with Crippen LogP contribution in [0.15, 0.2) is 72.4 Å². The van der Waals surface area contributed by atoms with Gasteiger partial charge < -0.3 is 10.2 Å². The number of carbonyl (C=O) groups is 3. The molecule has 0 saturated carbocycles. The number of nitrogens with zero attached hydrogens (tertiary/aromatic N) is 3. The SMILES string of the molecule is O=C(Nc1ccc(C(F)(F)F)cn1)c1ccc(CN2C(=O)c3sccc3CC(=O)C2Cc2ccccn2)cc1Cl. The summed E-state index contributed by atoms with van der Waals surface area (Å²) < 4.78 is 38.3. The van der Waals surface area contributed by atoms with Crippen LogP contribution >= 0.6 is 22.9 Å². The molecule has 3 aromatic heterocycles. The number of pyridine rings is 2. The Morgan fingerprint density at radius 1 is 1.10 bits per heavy atom. The molecule has 4 heterocycles. The first-order valence-corrected chi connectivity index (χ1v) is 13.3. The summed E-state index contributed by atoms with van der Waals surface area (Å²) in [6, 6.07) is 12.9. The molecule has 0 bridgehead atoms. The van der Waals surface area contributed by atoms with Gasteiger partial charge in [0.05, 0.1) is 27.1 Å². The Morgan fingerprint density at radius 3 is 2.60 bits per heavy atom. The maximum Gasteiger partial charge on any atom is 0.417 e. The molecule has 1 atom stereocenters. The molecule has 1 aromatic carbocycles. The van der Waals surface area contributed by atoms with E-state index in [-0.39, 0.29) is 47.5 Å². The zero-order chi connectivity index (χ0) is 28.4. The number of benzene rings is 1. The van der Waals surface area contributed by atoms with Crippen molar-refractivity contribution in [2.75, 3.05) is 5.32 Å². The lowest BCUT2D eigenvalue weighted by Gasteiger charge is -2.29. The number of rotatable bonds is 6. The van der Waals surface area contributed by atoms with Crippen molar-refractivity contribution < 1.29 is 27.6 Å². The minimum absolute atomic E-state index is 0.0570. The number of carbonyl (C=O) groups excluding carboxylic acids is 3. The number of fused-ring (bicyclic) bond motifs is 1. The van der Waals surface area contributed by atoms with Crippen molar-refractivity contribution in [3.8, 4) is 0 Å². The highest BCUT2D eigenvalue weighted by atomic mass is 35.5. The van der Waals surface area contributed by atoms with E-state index in [2.05, 4.69) is 15.3 Å². The topological polar surface area (TPSA) is 92.3 Å². The number of nitrogens with one attached hydrogen (secondary N) is 1. The average molecular weight is 585 g/mol. The number of hydrogen-bond donors (Lipinski definition) is 1. The van der Waals surface area contributed by atoms with Crippen molar-refractivity contribution in [2.24, 2.45) is 0 Å². The summed E-state index contributed by atoms with van der Waals surface area (Å²) in [4.78, 5) is 49.6. The summed E-state index contributed by atoms with van der Waals surface area (Å²) in [6.07, 6.45) is -1.91. The average Bonchev–Trinajstić information content (AvgIpc) is 3.35. The lowest BCUT2D eigenvalue weighted by atomic mass is 10.0. The number of ketones is 1. The number of hydrogen-bond acceptors (Lipinski definition) is 6. The smallest absolute Gasteiger partial charge is 0.323 e. The quantitative estimate of drug-likeness (QED) is 0.307. The number of aromatic nitrogens is 2. The number of amides is 2. The van der Waals surface area contributed by atoms with E-state index in [0.29, 0.717) is 27.9 Å². The molecule has 1 aliphatic rings. The number of alkyl halides is 3. The molecular weight excluding hydrogens is 565 g/mol. The molecule has 1 unspecified atom stereocenters. The minimum atomic E-state index is -4.55.